The Kier molecular flexibility index (Phi) is 4.81. The second-order valence-electron chi connectivity index (χ2n) is 4.73. The number of carbonyl (C=O) groups excluding carboxylic acids is 1. The number of hydrogen-bond acceptors (Lipinski definition) is 2. The molecule has 92 valence electrons. The Hall–Kier alpha value is -0.540. The number of halogens is 1. The number of hydrogen-bond donors (Lipinski definition) is 2. The summed E-state index contributed by atoms with van der Waals surface area (Å²) in [7, 11) is 0. The van der Waals surface area contributed by atoms with Crippen molar-refractivity contribution in [1.29, 1.82) is 0 Å². The van der Waals surface area contributed by atoms with E-state index in [2.05, 4.69) is 17.2 Å². The average Bonchev–Trinajstić information content (AvgIpc) is 2.70. The van der Waals surface area contributed by atoms with Gasteiger partial charge in [-0.2, -0.15) is 0 Å². The Morgan fingerprint density at radius 1 is 1.56 bits per heavy atom. The van der Waals surface area contributed by atoms with Crippen LogP contribution in [0.25, 0.3) is 0 Å². The van der Waals surface area contributed by atoms with E-state index < -0.39 is 0 Å². The van der Waals surface area contributed by atoms with Crippen LogP contribution in [0.15, 0.2) is 12.7 Å². The monoisotopic (exact) mass is 244 g/mol. The summed E-state index contributed by atoms with van der Waals surface area (Å²) in [6, 6.07) is 0. The van der Waals surface area contributed by atoms with Gasteiger partial charge in [0.25, 0.3) is 0 Å². The Morgan fingerprint density at radius 2 is 2.38 bits per heavy atom. The largest absolute Gasteiger partial charge is 0.352 e. The molecule has 1 aliphatic heterocycles. The van der Waals surface area contributed by atoms with Crippen LogP contribution in [0.5, 0.6) is 0 Å². The van der Waals surface area contributed by atoms with Gasteiger partial charge in [0.2, 0.25) is 5.91 Å². The molecule has 0 bridgehead atoms. The molecule has 2 rings (SSSR count). The third kappa shape index (κ3) is 2.25. The van der Waals surface area contributed by atoms with Crippen LogP contribution in [0, 0.1) is 11.3 Å². The quantitative estimate of drug-likeness (QED) is 0.739. The highest BCUT2D eigenvalue weighted by Crippen LogP contribution is 2.43. The summed E-state index contributed by atoms with van der Waals surface area (Å²) in [5.74, 6) is 0.785. The summed E-state index contributed by atoms with van der Waals surface area (Å²) in [5.41, 5.74) is -0.110. The van der Waals surface area contributed by atoms with Crippen molar-refractivity contribution < 1.29 is 4.79 Å². The van der Waals surface area contributed by atoms with Crippen molar-refractivity contribution in [3.63, 3.8) is 0 Å². The van der Waals surface area contributed by atoms with E-state index in [0.717, 1.165) is 19.5 Å². The molecule has 0 spiro atoms. The summed E-state index contributed by atoms with van der Waals surface area (Å²) < 4.78 is 0. The van der Waals surface area contributed by atoms with E-state index >= 15 is 0 Å². The number of carbonyl (C=O) groups is 1. The molecular weight excluding hydrogens is 224 g/mol. The Balaban J connectivity index is 0.00000128. The highest BCUT2D eigenvalue weighted by molar-refractivity contribution is 5.85. The zero-order valence-corrected chi connectivity index (χ0v) is 10.4. The van der Waals surface area contributed by atoms with Crippen molar-refractivity contribution in [3.8, 4) is 0 Å². The summed E-state index contributed by atoms with van der Waals surface area (Å²) in [4.78, 5) is 12.2. The molecule has 1 saturated carbocycles. The summed E-state index contributed by atoms with van der Waals surface area (Å²) in [6.45, 7) is 6.10. The lowest BCUT2D eigenvalue weighted by atomic mass is 9.67. The van der Waals surface area contributed by atoms with Crippen LogP contribution in [0.4, 0.5) is 0 Å². The fourth-order valence-electron chi connectivity index (χ4n) is 3.03. The van der Waals surface area contributed by atoms with Crippen molar-refractivity contribution in [1.82, 2.24) is 10.6 Å². The Bertz CT molecular complexity index is 270. The molecule has 2 N–H and O–H groups in total. The topological polar surface area (TPSA) is 41.1 Å². The first-order chi connectivity index (χ1) is 7.29. The van der Waals surface area contributed by atoms with E-state index in [0.29, 0.717) is 12.5 Å². The van der Waals surface area contributed by atoms with Gasteiger partial charge in [-0.05, 0) is 25.3 Å². The lowest BCUT2D eigenvalue weighted by molar-refractivity contribution is -0.133. The van der Waals surface area contributed by atoms with E-state index in [1.165, 1.54) is 19.3 Å². The maximum absolute atomic E-state index is 12.2. The van der Waals surface area contributed by atoms with Gasteiger partial charge in [0.1, 0.15) is 0 Å². The molecule has 0 aromatic carbocycles. The first kappa shape index (κ1) is 13.5. The normalized spacial score (nSPS) is 32.4. The molecule has 0 radical (unpaired) electrons. The lowest BCUT2D eigenvalue weighted by Gasteiger charge is -2.37. The minimum absolute atomic E-state index is 0. The molecule has 16 heavy (non-hydrogen) atoms. The summed E-state index contributed by atoms with van der Waals surface area (Å²) in [5, 5.41) is 6.34. The molecule has 0 aromatic rings. The second-order valence-corrected chi connectivity index (χ2v) is 4.73. The number of fused-ring (bicyclic) bond motifs is 1. The van der Waals surface area contributed by atoms with E-state index in [1.54, 1.807) is 6.08 Å². The van der Waals surface area contributed by atoms with Gasteiger partial charge < -0.3 is 10.6 Å². The van der Waals surface area contributed by atoms with Gasteiger partial charge in [0, 0.05) is 13.1 Å². The lowest BCUT2D eigenvalue weighted by Crippen LogP contribution is -2.47. The molecule has 2 fully saturated rings. The zero-order chi connectivity index (χ0) is 10.7. The zero-order valence-electron chi connectivity index (χ0n) is 9.63. The van der Waals surface area contributed by atoms with Gasteiger partial charge >= 0.3 is 0 Å². The Labute approximate surface area is 103 Å². The summed E-state index contributed by atoms with van der Waals surface area (Å²) in [6.07, 6.45) is 6.47. The molecule has 1 amide bonds. The molecule has 1 saturated heterocycles. The number of amides is 1. The Morgan fingerprint density at radius 3 is 3.12 bits per heavy atom. The first-order valence-electron chi connectivity index (χ1n) is 5.89. The van der Waals surface area contributed by atoms with Crippen molar-refractivity contribution >= 4 is 18.3 Å². The van der Waals surface area contributed by atoms with Crippen molar-refractivity contribution in [2.24, 2.45) is 11.3 Å². The maximum atomic E-state index is 12.2. The first-order valence-corrected chi connectivity index (χ1v) is 5.89. The molecule has 0 aromatic heterocycles. The van der Waals surface area contributed by atoms with Gasteiger partial charge in [-0.25, -0.2) is 0 Å². The van der Waals surface area contributed by atoms with Crippen LogP contribution in [-0.4, -0.2) is 25.5 Å². The molecule has 2 atom stereocenters. The van der Waals surface area contributed by atoms with Crippen LogP contribution in [0.1, 0.15) is 25.7 Å². The van der Waals surface area contributed by atoms with Crippen molar-refractivity contribution in [2.45, 2.75) is 25.7 Å². The molecule has 3 nitrogen and oxygen atoms in total. The molecule has 4 heteroatoms. The predicted molar refractivity (Wildman–Crippen MR) is 67.7 cm³/mol. The number of rotatable bonds is 3. The van der Waals surface area contributed by atoms with Gasteiger partial charge in [-0.15, -0.1) is 19.0 Å². The van der Waals surface area contributed by atoms with Crippen LogP contribution in [-0.2, 0) is 4.79 Å². The van der Waals surface area contributed by atoms with E-state index in [1.807, 2.05) is 0 Å². The van der Waals surface area contributed by atoms with Gasteiger partial charge in [-0.1, -0.05) is 18.9 Å². The molecule has 0 unspecified atom stereocenters. The van der Waals surface area contributed by atoms with Crippen LogP contribution in [0.3, 0.4) is 0 Å². The molecular formula is C12H21ClN2O. The minimum atomic E-state index is -0.110. The standard InChI is InChI=1S/C12H20N2O.ClH/c1-2-7-14-11(15)12-6-4-3-5-10(12)8-13-9-12;/h2,10,13H,1,3-9H2,(H,14,15);1H/t10-,12+;/m0./s1. The van der Waals surface area contributed by atoms with Gasteiger partial charge in [0.05, 0.1) is 5.41 Å². The minimum Gasteiger partial charge on any atom is -0.352 e. The fourth-order valence-corrected chi connectivity index (χ4v) is 3.03. The van der Waals surface area contributed by atoms with Gasteiger partial charge in [-0.3, -0.25) is 4.79 Å². The fraction of sp³-hybridized carbons (Fsp3) is 0.750. The molecule has 1 heterocycles. The van der Waals surface area contributed by atoms with Crippen LogP contribution < -0.4 is 10.6 Å². The van der Waals surface area contributed by atoms with E-state index in [4.69, 9.17) is 0 Å². The van der Waals surface area contributed by atoms with Crippen LogP contribution >= 0.6 is 12.4 Å². The van der Waals surface area contributed by atoms with E-state index in [-0.39, 0.29) is 23.7 Å². The smallest absolute Gasteiger partial charge is 0.228 e. The van der Waals surface area contributed by atoms with Crippen molar-refractivity contribution in [3.05, 3.63) is 12.7 Å². The molecule has 1 aliphatic carbocycles. The highest BCUT2D eigenvalue weighted by Gasteiger charge is 2.49. The van der Waals surface area contributed by atoms with Gasteiger partial charge in [0.15, 0.2) is 0 Å². The van der Waals surface area contributed by atoms with E-state index in [9.17, 15) is 4.79 Å². The third-order valence-electron chi connectivity index (χ3n) is 3.90. The number of nitrogens with one attached hydrogen (secondary N) is 2. The highest BCUT2D eigenvalue weighted by atomic mass is 35.5. The van der Waals surface area contributed by atoms with Crippen molar-refractivity contribution in [2.75, 3.05) is 19.6 Å². The average molecular weight is 245 g/mol. The molecule has 2 aliphatic rings. The summed E-state index contributed by atoms with van der Waals surface area (Å²) >= 11 is 0. The van der Waals surface area contributed by atoms with Crippen LogP contribution in [0.2, 0.25) is 0 Å². The SMILES string of the molecule is C=CCNC(=O)[C@@]12CCCC[C@H]1CNC2.Cl. The second kappa shape index (κ2) is 5.69. The third-order valence-corrected chi connectivity index (χ3v) is 3.90. The predicted octanol–water partition coefficient (Wildman–Crippen LogP) is 1.49. The maximum Gasteiger partial charge on any atom is 0.228 e.